The fourth-order valence-corrected chi connectivity index (χ4v) is 4.84. The lowest BCUT2D eigenvalue weighted by Gasteiger charge is -2.21. The quantitative estimate of drug-likeness (QED) is 0.652. The number of hydrogen-bond acceptors (Lipinski definition) is 5. The van der Waals surface area contributed by atoms with Crippen molar-refractivity contribution in [1.82, 2.24) is 20.1 Å². The smallest absolute Gasteiger partial charge is 0.258 e. The van der Waals surface area contributed by atoms with Gasteiger partial charge in [0.2, 0.25) is 5.91 Å². The Bertz CT molecular complexity index is 1080. The number of benzene rings is 1. The molecule has 0 radical (unpaired) electrons. The molecule has 3 N–H and O–H groups in total. The van der Waals surface area contributed by atoms with Gasteiger partial charge in [0.15, 0.2) is 0 Å². The van der Waals surface area contributed by atoms with Crippen molar-refractivity contribution in [1.29, 1.82) is 0 Å². The molecule has 2 aliphatic heterocycles. The first kappa shape index (κ1) is 21.3. The van der Waals surface area contributed by atoms with Crippen molar-refractivity contribution in [2.24, 2.45) is 11.8 Å². The Kier molecular flexibility index (Phi) is 5.68. The number of amides is 2. The molecule has 4 rings (SSSR count). The first-order chi connectivity index (χ1) is 14.9. The fourth-order valence-electron chi connectivity index (χ4n) is 4.84. The number of hydrogen-bond donors (Lipinski definition) is 3. The zero-order valence-corrected chi connectivity index (χ0v) is 18.0. The van der Waals surface area contributed by atoms with E-state index in [0.29, 0.717) is 29.8 Å². The molecule has 2 aliphatic rings. The third-order valence-electron chi connectivity index (χ3n) is 6.36. The first-order valence-electron chi connectivity index (χ1n) is 10.6. The van der Waals surface area contributed by atoms with E-state index in [1.165, 1.54) is 4.90 Å². The molecule has 1 saturated heterocycles. The highest BCUT2D eigenvalue weighted by Gasteiger charge is 2.50. The SMILES string of the molecule is CCNC(=O)[C@@H]1N[C@@H]2c3ccc(-c4cccc(C(=O)N(C)C)c4)c(=O)n3C[C@@H]2[C@H]1CO. The van der Waals surface area contributed by atoms with Gasteiger partial charge in [-0.3, -0.25) is 19.7 Å². The van der Waals surface area contributed by atoms with Crippen LogP contribution in [0.3, 0.4) is 0 Å². The van der Waals surface area contributed by atoms with Crippen LogP contribution in [0.5, 0.6) is 0 Å². The van der Waals surface area contributed by atoms with E-state index in [2.05, 4.69) is 10.6 Å². The van der Waals surface area contributed by atoms with Crippen molar-refractivity contribution in [2.75, 3.05) is 27.2 Å². The standard InChI is InChI=1S/C23H28N4O4/c1-4-24-21(29)20-17(12-28)16-11-27-18(19(16)25-20)9-8-15(23(27)31)13-6-5-7-14(10-13)22(30)26(2)3/h5-10,16-17,19-20,25,28H,4,11-12H2,1-3H3,(H,24,29)/t16-,17-,19+,20-/m1/s1. The van der Waals surface area contributed by atoms with Gasteiger partial charge in [-0.15, -0.1) is 0 Å². The van der Waals surface area contributed by atoms with Gasteiger partial charge in [0, 0.05) is 62.4 Å². The molecule has 0 saturated carbocycles. The van der Waals surface area contributed by atoms with Gasteiger partial charge in [-0.2, -0.15) is 0 Å². The highest BCUT2D eigenvalue weighted by Crippen LogP contribution is 2.42. The van der Waals surface area contributed by atoms with E-state index >= 15 is 0 Å². The van der Waals surface area contributed by atoms with Crippen molar-refractivity contribution in [3.05, 3.63) is 58.0 Å². The summed E-state index contributed by atoms with van der Waals surface area (Å²) in [6.07, 6.45) is 0. The lowest BCUT2D eigenvalue weighted by molar-refractivity contribution is -0.124. The molecule has 2 amide bonds. The van der Waals surface area contributed by atoms with E-state index in [-0.39, 0.29) is 41.9 Å². The van der Waals surface area contributed by atoms with Crippen LogP contribution >= 0.6 is 0 Å². The normalized spacial score (nSPS) is 23.9. The lowest BCUT2D eigenvalue weighted by Crippen LogP contribution is -2.46. The molecule has 8 heteroatoms. The van der Waals surface area contributed by atoms with Gasteiger partial charge in [0.25, 0.3) is 11.5 Å². The minimum absolute atomic E-state index is 0.0396. The summed E-state index contributed by atoms with van der Waals surface area (Å²) in [4.78, 5) is 39.5. The van der Waals surface area contributed by atoms with Gasteiger partial charge in [0.1, 0.15) is 0 Å². The maximum Gasteiger partial charge on any atom is 0.258 e. The average Bonchev–Trinajstić information content (AvgIpc) is 3.30. The molecule has 31 heavy (non-hydrogen) atoms. The highest BCUT2D eigenvalue weighted by atomic mass is 16.3. The van der Waals surface area contributed by atoms with Crippen molar-refractivity contribution < 1.29 is 14.7 Å². The minimum Gasteiger partial charge on any atom is -0.396 e. The number of aliphatic hydroxyl groups excluding tert-OH is 1. The Morgan fingerprint density at radius 2 is 2.03 bits per heavy atom. The van der Waals surface area contributed by atoms with Crippen molar-refractivity contribution in [3.63, 3.8) is 0 Å². The average molecular weight is 425 g/mol. The summed E-state index contributed by atoms with van der Waals surface area (Å²) in [5, 5.41) is 16.1. The second-order valence-corrected chi connectivity index (χ2v) is 8.39. The van der Waals surface area contributed by atoms with Crippen LogP contribution in [0.25, 0.3) is 11.1 Å². The molecule has 2 aromatic rings. The van der Waals surface area contributed by atoms with E-state index in [9.17, 15) is 19.5 Å². The Morgan fingerprint density at radius 1 is 1.26 bits per heavy atom. The summed E-state index contributed by atoms with van der Waals surface area (Å²) >= 11 is 0. The first-order valence-corrected chi connectivity index (χ1v) is 10.6. The fraction of sp³-hybridized carbons (Fsp3) is 0.435. The van der Waals surface area contributed by atoms with Crippen molar-refractivity contribution in [3.8, 4) is 11.1 Å². The van der Waals surface area contributed by atoms with Crippen molar-refractivity contribution in [2.45, 2.75) is 25.6 Å². The number of aliphatic hydroxyl groups is 1. The Hall–Kier alpha value is -2.97. The molecule has 164 valence electrons. The van der Waals surface area contributed by atoms with E-state index in [1.54, 1.807) is 42.9 Å². The molecule has 0 aliphatic carbocycles. The van der Waals surface area contributed by atoms with Gasteiger partial charge < -0.3 is 19.9 Å². The molecule has 1 aromatic heterocycles. The zero-order chi connectivity index (χ0) is 22.3. The molecule has 1 aromatic carbocycles. The second-order valence-electron chi connectivity index (χ2n) is 8.39. The van der Waals surface area contributed by atoms with Crippen LogP contribution < -0.4 is 16.2 Å². The summed E-state index contributed by atoms with van der Waals surface area (Å²) in [5.74, 6) is -0.546. The number of aromatic nitrogens is 1. The molecular weight excluding hydrogens is 396 g/mol. The van der Waals surface area contributed by atoms with Gasteiger partial charge in [-0.25, -0.2) is 0 Å². The van der Waals surface area contributed by atoms with Crippen LogP contribution in [-0.4, -0.2) is 59.7 Å². The number of fused-ring (bicyclic) bond motifs is 3. The second kappa shape index (κ2) is 8.28. The maximum atomic E-state index is 13.3. The number of nitrogens with zero attached hydrogens (tertiary/aromatic N) is 2. The topological polar surface area (TPSA) is 104 Å². The summed E-state index contributed by atoms with van der Waals surface area (Å²) < 4.78 is 1.73. The van der Waals surface area contributed by atoms with Crippen LogP contribution in [0, 0.1) is 11.8 Å². The summed E-state index contributed by atoms with van der Waals surface area (Å²) in [5.41, 5.74) is 2.44. The lowest BCUT2D eigenvalue weighted by atomic mass is 9.88. The molecule has 0 spiro atoms. The van der Waals surface area contributed by atoms with Crippen LogP contribution in [0.4, 0.5) is 0 Å². The summed E-state index contributed by atoms with van der Waals surface area (Å²) in [7, 11) is 3.38. The number of pyridine rings is 1. The third-order valence-corrected chi connectivity index (χ3v) is 6.36. The number of likely N-dealkylation sites (N-methyl/N-ethyl adjacent to an activating group) is 1. The van der Waals surface area contributed by atoms with Gasteiger partial charge in [-0.05, 0) is 36.8 Å². The molecular formula is C23H28N4O4. The van der Waals surface area contributed by atoms with E-state index in [4.69, 9.17) is 0 Å². The predicted octanol–water partition coefficient (Wildman–Crippen LogP) is 0.604. The van der Waals surface area contributed by atoms with Gasteiger partial charge in [-0.1, -0.05) is 12.1 Å². The molecule has 3 heterocycles. The van der Waals surface area contributed by atoms with E-state index in [0.717, 1.165) is 5.69 Å². The molecule has 8 nitrogen and oxygen atoms in total. The monoisotopic (exact) mass is 424 g/mol. The Morgan fingerprint density at radius 3 is 2.71 bits per heavy atom. The van der Waals surface area contributed by atoms with Crippen LogP contribution in [-0.2, 0) is 11.3 Å². The van der Waals surface area contributed by atoms with Crippen LogP contribution in [0.1, 0.15) is 29.0 Å². The minimum atomic E-state index is -0.475. The van der Waals surface area contributed by atoms with Crippen LogP contribution in [0.2, 0.25) is 0 Å². The van der Waals surface area contributed by atoms with Gasteiger partial charge in [0.05, 0.1) is 12.1 Å². The number of rotatable bonds is 5. The maximum absolute atomic E-state index is 13.3. The molecule has 4 atom stereocenters. The highest BCUT2D eigenvalue weighted by molar-refractivity contribution is 5.95. The van der Waals surface area contributed by atoms with E-state index < -0.39 is 6.04 Å². The number of carbonyl (C=O) groups is 2. The predicted molar refractivity (Wildman–Crippen MR) is 117 cm³/mol. The molecule has 0 bridgehead atoms. The van der Waals surface area contributed by atoms with E-state index in [1.807, 2.05) is 19.1 Å². The molecule has 1 fully saturated rings. The Labute approximate surface area is 180 Å². The third kappa shape index (κ3) is 3.55. The van der Waals surface area contributed by atoms with Gasteiger partial charge >= 0.3 is 0 Å². The molecule has 0 unspecified atom stereocenters. The number of carbonyl (C=O) groups excluding carboxylic acids is 2. The zero-order valence-electron chi connectivity index (χ0n) is 18.0. The Balaban J connectivity index is 1.68. The largest absolute Gasteiger partial charge is 0.396 e. The number of nitrogens with one attached hydrogen (secondary N) is 2. The van der Waals surface area contributed by atoms with Crippen molar-refractivity contribution >= 4 is 11.8 Å². The van der Waals surface area contributed by atoms with Crippen LogP contribution in [0.15, 0.2) is 41.2 Å². The summed E-state index contributed by atoms with van der Waals surface area (Å²) in [6.45, 7) is 2.70. The summed E-state index contributed by atoms with van der Waals surface area (Å²) in [6, 6.07) is 10.1.